The number of hydrogen-bond acceptors (Lipinski definition) is 10. The van der Waals surface area contributed by atoms with Gasteiger partial charge in [0.15, 0.2) is 24.8 Å². The van der Waals surface area contributed by atoms with E-state index >= 15 is 0 Å². The van der Waals surface area contributed by atoms with E-state index in [1.807, 2.05) is 25.1 Å². The maximum absolute atomic E-state index is 14.2. The molecule has 0 radical (unpaired) electrons. The summed E-state index contributed by atoms with van der Waals surface area (Å²) in [6.07, 6.45) is 8.66. The number of fused-ring (bicyclic) bond motifs is 5. The zero-order chi connectivity index (χ0) is 46.2. The van der Waals surface area contributed by atoms with Gasteiger partial charge in [-0.1, -0.05) is 87.4 Å². The molecule has 64 heavy (non-hydrogen) atoms. The van der Waals surface area contributed by atoms with Crippen LogP contribution in [0.5, 0.6) is 0 Å². The first-order valence-electron chi connectivity index (χ1n) is 25.5. The van der Waals surface area contributed by atoms with Crippen molar-refractivity contribution in [1.29, 1.82) is 0 Å². The fourth-order valence-electron chi connectivity index (χ4n) is 14.3. The average molecular weight is 891 g/mol. The number of carbonyl (C=O) groups is 4. The second-order valence-electron chi connectivity index (χ2n) is 22.3. The third kappa shape index (κ3) is 9.69. The summed E-state index contributed by atoms with van der Waals surface area (Å²) in [5, 5.41) is 0. The third-order valence-corrected chi connectivity index (χ3v) is 18.7. The molecule has 4 aliphatic carbocycles. The van der Waals surface area contributed by atoms with Gasteiger partial charge in [-0.3, -0.25) is 14.4 Å². The Labute approximate surface area is 384 Å². The van der Waals surface area contributed by atoms with E-state index in [1.165, 1.54) is 6.92 Å². The van der Waals surface area contributed by atoms with Crippen molar-refractivity contribution in [2.24, 2.45) is 75.9 Å². The number of rotatable bonds is 15. The molecule has 0 bridgehead atoms. The largest absolute Gasteiger partial charge is 0.457 e. The summed E-state index contributed by atoms with van der Waals surface area (Å²) < 4.78 is 38.1. The van der Waals surface area contributed by atoms with Gasteiger partial charge in [0.1, 0.15) is 11.6 Å². The average Bonchev–Trinajstić information content (AvgIpc) is 3.55. The fraction of sp³-hybridized carbons (Fsp3) is 0.815. The van der Waals surface area contributed by atoms with Crippen LogP contribution in [0.15, 0.2) is 30.3 Å². The zero-order valence-corrected chi connectivity index (χ0v) is 41.1. The number of benzene rings is 1. The van der Waals surface area contributed by atoms with Gasteiger partial charge in [0.05, 0.1) is 30.5 Å². The number of Topliss-reactive ketones (excluding diaryl/α,β-unsaturated/α-hetero) is 2. The molecule has 358 valence electrons. The van der Waals surface area contributed by atoms with Crippen LogP contribution in [0.1, 0.15) is 164 Å². The number of carbonyl (C=O) groups excluding carboxylic acids is 4. The number of hydrogen-bond donors (Lipinski definition) is 0. The fourth-order valence-corrected chi connectivity index (χ4v) is 14.3. The van der Waals surface area contributed by atoms with Crippen LogP contribution in [0.3, 0.4) is 0 Å². The van der Waals surface area contributed by atoms with Crippen LogP contribution >= 0.6 is 0 Å². The van der Waals surface area contributed by atoms with Crippen molar-refractivity contribution >= 4 is 23.5 Å². The Kier molecular flexibility index (Phi) is 15.6. The highest BCUT2D eigenvalue weighted by Crippen LogP contribution is 2.68. The van der Waals surface area contributed by atoms with Gasteiger partial charge in [-0.05, 0) is 129 Å². The highest BCUT2D eigenvalue weighted by atomic mass is 16.7. The Morgan fingerprint density at radius 3 is 2.05 bits per heavy atom. The molecule has 1 aromatic carbocycles. The minimum atomic E-state index is -0.691. The van der Waals surface area contributed by atoms with E-state index in [4.69, 9.17) is 28.4 Å². The van der Waals surface area contributed by atoms with Crippen molar-refractivity contribution < 1.29 is 47.6 Å². The molecule has 12 unspecified atom stereocenters. The Morgan fingerprint density at radius 1 is 0.781 bits per heavy atom. The molecule has 10 nitrogen and oxygen atoms in total. The van der Waals surface area contributed by atoms with E-state index in [2.05, 4.69) is 62.3 Å². The van der Waals surface area contributed by atoms with Crippen LogP contribution in [-0.2, 0) is 42.8 Å². The van der Waals surface area contributed by atoms with Crippen LogP contribution in [-0.4, -0.2) is 73.2 Å². The van der Waals surface area contributed by atoms with Crippen LogP contribution < -0.4 is 0 Å². The van der Waals surface area contributed by atoms with Crippen molar-refractivity contribution in [2.75, 3.05) is 6.61 Å². The first kappa shape index (κ1) is 49.3. The predicted molar refractivity (Wildman–Crippen MR) is 245 cm³/mol. The van der Waals surface area contributed by atoms with Crippen LogP contribution in [0.4, 0.5) is 0 Å². The lowest BCUT2D eigenvalue weighted by atomic mass is 9.44. The molecule has 0 amide bonds. The molecule has 2 aliphatic heterocycles. The van der Waals surface area contributed by atoms with E-state index in [9.17, 15) is 19.2 Å². The molecule has 7 rings (SSSR count). The van der Waals surface area contributed by atoms with Gasteiger partial charge in [0.2, 0.25) is 0 Å². The summed E-state index contributed by atoms with van der Waals surface area (Å²) in [5.41, 5.74) is 0.506. The van der Waals surface area contributed by atoms with Crippen molar-refractivity contribution in [3.63, 3.8) is 0 Å². The molecule has 4 saturated carbocycles. The normalized spacial score (nSPS) is 43.0. The highest BCUT2D eigenvalue weighted by Gasteiger charge is 2.64. The molecule has 6 fully saturated rings. The summed E-state index contributed by atoms with van der Waals surface area (Å²) in [6, 6.07) is 9.03. The first-order chi connectivity index (χ1) is 30.4. The molecule has 10 heteroatoms. The smallest absolute Gasteiger partial charge is 0.338 e. The maximum Gasteiger partial charge on any atom is 0.338 e. The summed E-state index contributed by atoms with van der Waals surface area (Å²) >= 11 is 0. The standard InChI is InChI=1S/C54H82O10/c1-12-45-31(4)33(6)48(64-50(58)37-17-15-14-16-18-37)51(62-45)59-29-30(3)19-22-43(56)35(8)47-44(57)28-42-40-21-20-38-27-39(23-25-53(38,10)41(40)24-26-54(42,47)11)61-52-49(60-36(9)55)34(7)32(5)46(13-2)63-52/h14-18,30-35,38-42,45-49,51-52H,12-13,19-29H2,1-11H3/t30-,31+,32-,33-,34-,35+,38?,39?,40?,41?,42?,45?,46?,47?,48?,49?,51+,52+,53?,54?/m0/s1. The molecule has 2 heterocycles. The van der Waals surface area contributed by atoms with E-state index in [0.29, 0.717) is 55.1 Å². The third-order valence-electron chi connectivity index (χ3n) is 18.7. The van der Waals surface area contributed by atoms with E-state index in [1.54, 1.807) is 12.1 Å². The van der Waals surface area contributed by atoms with E-state index < -0.39 is 24.8 Å². The Morgan fingerprint density at radius 2 is 1.41 bits per heavy atom. The van der Waals surface area contributed by atoms with Crippen molar-refractivity contribution in [2.45, 2.75) is 196 Å². The topological polar surface area (TPSA) is 124 Å². The maximum atomic E-state index is 14.2. The zero-order valence-electron chi connectivity index (χ0n) is 41.1. The number of ether oxygens (including phenoxy) is 6. The van der Waals surface area contributed by atoms with Crippen LogP contribution in [0, 0.1) is 75.9 Å². The van der Waals surface area contributed by atoms with Gasteiger partial charge >= 0.3 is 11.9 Å². The molecule has 0 aromatic heterocycles. The van der Waals surface area contributed by atoms with Gasteiger partial charge < -0.3 is 28.4 Å². The molecule has 2 saturated heterocycles. The molecule has 20 atom stereocenters. The van der Waals surface area contributed by atoms with Crippen molar-refractivity contribution in [1.82, 2.24) is 0 Å². The summed E-state index contributed by atoms with van der Waals surface area (Å²) in [6.45, 7) is 23.7. The summed E-state index contributed by atoms with van der Waals surface area (Å²) in [4.78, 5) is 53.6. The number of esters is 2. The lowest BCUT2D eigenvalue weighted by Gasteiger charge is -2.61. The van der Waals surface area contributed by atoms with Gasteiger partial charge in [-0.25, -0.2) is 4.79 Å². The quantitative estimate of drug-likeness (QED) is 0.124. The second-order valence-corrected chi connectivity index (χ2v) is 22.3. The van der Waals surface area contributed by atoms with E-state index in [-0.39, 0.29) is 94.1 Å². The van der Waals surface area contributed by atoms with Gasteiger partial charge in [0.25, 0.3) is 0 Å². The second kappa shape index (κ2) is 20.3. The van der Waals surface area contributed by atoms with Crippen molar-refractivity contribution in [3.05, 3.63) is 35.9 Å². The predicted octanol–water partition coefficient (Wildman–Crippen LogP) is 10.8. The van der Waals surface area contributed by atoms with Crippen LogP contribution in [0.2, 0.25) is 0 Å². The van der Waals surface area contributed by atoms with Crippen LogP contribution in [0.25, 0.3) is 0 Å². The van der Waals surface area contributed by atoms with Gasteiger partial charge in [-0.15, -0.1) is 0 Å². The SMILES string of the molecule is CCC1O[C@@H](OC2CCC3(C)C(CCC4C3CCC3(C)C4CC(=O)C3[C@H](C)C(=O)CC[C@H](C)CO[C@@H]3OC(CC)[C@H](C)[C@H](C)C3OC(=O)c3ccccc3)C2)C(OC(C)=O)[C@@H](C)[C@@H]1C. The Balaban J connectivity index is 0.930. The lowest BCUT2D eigenvalue weighted by Crippen LogP contribution is -2.56. The molecular weight excluding hydrogens is 809 g/mol. The van der Waals surface area contributed by atoms with Crippen molar-refractivity contribution in [3.8, 4) is 0 Å². The first-order valence-corrected chi connectivity index (χ1v) is 25.5. The molecule has 0 N–H and O–H groups in total. The van der Waals surface area contributed by atoms with Gasteiger partial charge in [-0.2, -0.15) is 0 Å². The summed E-state index contributed by atoms with van der Waals surface area (Å²) in [5.74, 6) is 1.83. The number of ketones is 2. The van der Waals surface area contributed by atoms with Gasteiger partial charge in [0, 0.05) is 43.4 Å². The monoisotopic (exact) mass is 891 g/mol. The molecule has 1 aromatic rings. The van der Waals surface area contributed by atoms with E-state index in [0.717, 1.165) is 57.8 Å². The minimum Gasteiger partial charge on any atom is -0.457 e. The Bertz CT molecular complexity index is 1780. The highest BCUT2D eigenvalue weighted by molar-refractivity contribution is 5.92. The summed E-state index contributed by atoms with van der Waals surface area (Å²) in [7, 11) is 0. The molecular formula is C54H82O10. The minimum absolute atomic E-state index is 0.00543. The molecule has 6 aliphatic rings. The molecule has 0 spiro atoms. The Hall–Kier alpha value is -2.66. The lowest BCUT2D eigenvalue weighted by molar-refractivity contribution is -0.294.